The summed E-state index contributed by atoms with van der Waals surface area (Å²) in [5.74, 6) is 0.680. The number of rotatable bonds is 6. The van der Waals surface area contributed by atoms with Crippen LogP contribution in [0.2, 0.25) is 0 Å². The topological polar surface area (TPSA) is 62.6 Å². The summed E-state index contributed by atoms with van der Waals surface area (Å²) in [5, 5.41) is 7.55. The summed E-state index contributed by atoms with van der Waals surface area (Å²) < 4.78 is 7.40. The molecule has 7 nitrogen and oxygen atoms in total. The molecule has 0 radical (unpaired) electrons. The lowest BCUT2D eigenvalue weighted by Gasteiger charge is -2.34. The third-order valence-corrected chi connectivity index (χ3v) is 6.97. The molecule has 37 heavy (non-hydrogen) atoms. The van der Waals surface area contributed by atoms with Gasteiger partial charge >= 0.3 is 0 Å². The van der Waals surface area contributed by atoms with Crippen molar-refractivity contribution in [3.05, 3.63) is 84.1 Å². The Morgan fingerprint density at radius 1 is 0.892 bits per heavy atom. The molecule has 4 aromatic rings. The molecule has 5 rings (SSSR count). The summed E-state index contributed by atoms with van der Waals surface area (Å²) >= 11 is 0. The molecule has 1 saturated heterocycles. The highest BCUT2D eigenvalue weighted by Crippen LogP contribution is 2.32. The number of hydrogen-bond donors (Lipinski definition) is 1. The number of carbonyl (C=O) groups excluding carboxylic acids is 1. The molecule has 0 atom stereocenters. The van der Waals surface area contributed by atoms with E-state index in [9.17, 15) is 4.79 Å². The van der Waals surface area contributed by atoms with Gasteiger partial charge in [0.2, 0.25) is 0 Å². The number of anilines is 2. The monoisotopic (exact) mass is 495 g/mol. The maximum atomic E-state index is 13.0. The van der Waals surface area contributed by atoms with Gasteiger partial charge in [-0.2, -0.15) is 5.10 Å². The van der Waals surface area contributed by atoms with E-state index in [1.54, 1.807) is 7.11 Å². The van der Waals surface area contributed by atoms with Crippen molar-refractivity contribution >= 4 is 17.3 Å². The first-order valence-electron chi connectivity index (χ1n) is 12.6. The fraction of sp³-hybridized carbons (Fsp3) is 0.267. The zero-order chi connectivity index (χ0) is 25.9. The summed E-state index contributed by atoms with van der Waals surface area (Å²) in [7, 11) is 5.74. The number of nitrogens with one attached hydrogen (secondary N) is 1. The van der Waals surface area contributed by atoms with Crippen molar-refractivity contribution in [2.45, 2.75) is 6.92 Å². The van der Waals surface area contributed by atoms with Gasteiger partial charge in [-0.25, -0.2) is 0 Å². The Morgan fingerprint density at radius 2 is 1.62 bits per heavy atom. The average Bonchev–Trinajstić information content (AvgIpc) is 3.35. The smallest absolute Gasteiger partial charge is 0.255 e. The first-order valence-corrected chi connectivity index (χ1v) is 12.6. The molecule has 1 fully saturated rings. The molecule has 0 saturated carbocycles. The Morgan fingerprint density at radius 3 is 2.27 bits per heavy atom. The Balaban J connectivity index is 1.30. The number of hydrogen-bond acceptors (Lipinski definition) is 5. The van der Waals surface area contributed by atoms with E-state index < -0.39 is 0 Å². The zero-order valence-corrected chi connectivity index (χ0v) is 21.9. The fourth-order valence-corrected chi connectivity index (χ4v) is 4.78. The van der Waals surface area contributed by atoms with Crippen LogP contribution in [0.4, 0.5) is 11.4 Å². The van der Waals surface area contributed by atoms with Crippen molar-refractivity contribution in [2.75, 3.05) is 50.6 Å². The predicted molar refractivity (Wildman–Crippen MR) is 149 cm³/mol. The van der Waals surface area contributed by atoms with Crippen LogP contribution in [-0.2, 0) is 7.05 Å². The SMILES string of the molecule is COc1ccc(NC(=O)c2ccc(-c3ccc(-c4ccn(C)n4)cc3C)cc2)cc1N1CCN(C)CC1. The van der Waals surface area contributed by atoms with Crippen molar-refractivity contribution in [2.24, 2.45) is 7.05 Å². The second-order valence-electron chi connectivity index (χ2n) is 9.61. The van der Waals surface area contributed by atoms with Crippen LogP contribution in [0, 0.1) is 6.92 Å². The number of ether oxygens (including phenoxy) is 1. The van der Waals surface area contributed by atoms with E-state index >= 15 is 0 Å². The number of piperazine rings is 1. The Bertz CT molecular complexity index is 1400. The van der Waals surface area contributed by atoms with Gasteiger partial charge in [0.25, 0.3) is 5.91 Å². The Kier molecular flexibility index (Phi) is 6.97. The van der Waals surface area contributed by atoms with Crippen LogP contribution in [0.1, 0.15) is 15.9 Å². The molecule has 190 valence electrons. The average molecular weight is 496 g/mol. The highest BCUT2D eigenvalue weighted by molar-refractivity contribution is 6.04. The lowest BCUT2D eigenvalue weighted by molar-refractivity contribution is 0.102. The number of benzene rings is 3. The van der Waals surface area contributed by atoms with Gasteiger partial charge in [0.15, 0.2) is 0 Å². The molecule has 1 amide bonds. The van der Waals surface area contributed by atoms with Crippen molar-refractivity contribution in [3.8, 4) is 28.1 Å². The molecule has 7 heteroatoms. The summed E-state index contributed by atoms with van der Waals surface area (Å²) in [6, 6.07) is 21.9. The summed E-state index contributed by atoms with van der Waals surface area (Å²) in [6.45, 7) is 5.95. The van der Waals surface area contributed by atoms with Gasteiger partial charge in [0, 0.05) is 56.2 Å². The molecular weight excluding hydrogens is 462 g/mol. The molecule has 1 aliphatic heterocycles. The van der Waals surface area contributed by atoms with Gasteiger partial charge < -0.3 is 19.9 Å². The summed E-state index contributed by atoms with van der Waals surface area (Å²) in [5.41, 5.74) is 7.80. The first kappa shape index (κ1) is 24.6. The van der Waals surface area contributed by atoms with E-state index in [1.165, 1.54) is 0 Å². The quantitative estimate of drug-likeness (QED) is 0.404. The molecule has 1 aromatic heterocycles. The van der Waals surface area contributed by atoms with Gasteiger partial charge in [0.1, 0.15) is 5.75 Å². The molecule has 0 spiro atoms. The Hall–Kier alpha value is -4.10. The van der Waals surface area contributed by atoms with E-state index in [-0.39, 0.29) is 5.91 Å². The maximum absolute atomic E-state index is 13.0. The normalized spacial score (nSPS) is 14.0. The summed E-state index contributed by atoms with van der Waals surface area (Å²) in [4.78, 5) is 17.7. The molecule has 0 unspecified atom stereocenters. The van der Waals surface area contributed by atoms with Gasteiger partial charge in [-0.1, -0.05) is 24.3 Å². The highest BCUT2D eigenvalue weighted by atomic mass is 16.5. The Labute approximate surface area is 218 Å². The van der Waals surface area contributed by atoms with E-state index in [2.05, 4.69) is 52.4 Å². The lowest BCUT2D eigenvalue weighted by atomic mass is 9.96. The highest BCUT2D eigenvalue weighted by Gasteiger charge is 2.19. The largest absolute Gasteiger partial charge is 0.495 e. The van der Waals surface area contributed by atoms with Crippen molar-refractivity contribution in [1.82, 2.24) is 14.7 Å². The van der Waals surface area contributed by atoms with E-state index in [4.69, 9.17) is 4.74 Å². The number of methoxy groups -OCH3 is 1. The van der Waals surface area contributed by atoms with Crippen LogP contribution >= 0.6 is 0 Å². The standard InChI is InChI=1S/C30H33N5O2/c1-21-19-24(27-13-14-34(3)32-27)9-11-26(21)22-5-7-23(8-6-22)30(36)31-25-10-12-29(37-4)28(20-25)35-17-15-33(2)16-18-35/h5-14,19-20H,15-18H2,1-4H3,(H,31,36). The second-order valence-corrected chi connectivity index (χ2v) is 9.61. The minimum Gasteiger partial charge on any atom is -0.495 e. The van der Waals surface area contributed by atoms with Crippen LogP contribution < -0.4 is 15.0 Å². The third-order valence-electron chi connectivity index (χ3n) is 6.97. The molecule has 1 N–H and O–H groups in total. The fourth-order valence-electron chi connectivity index (χ4n) is 4.78. The molecular formula is C30H33N5O2. The van der Waals surface area contributed by atoms with Crippen molar-refractivity contribution in [3.63, 3.8) is 0 Å². The molecule has 0 bridgehead atoms. The van der Waals surface area contributed by atoms with Crippen LogP contribution in [0.15, 0.2) is 72.9 Å². The molecule has 1 aliphatic rings. The van der Waals surface area contributed by atoms with Crippen LogP contribution in [-0.4, -0.2) is 60.9 Å². The number of amides is 1. The van der Waals surface area contributed by atoms with E-state index in [1.807, 2.05) is 66.5 Å². The summed E-state index contributed by atoms with van der Waals surface area (Å²) in [6.07, 6.45) is 1.95. The minimum atomic E-state index is -0.136. The van der Waals surface area contributed by atoms with Gasteiger partial charge in [-0.15, -0.1) is 0 Å². The predicted octanol–water partition coefficient (Wildman–Crippen LogP) is 5.08. The number of carbonyl (C=O) groups is 1. The number of nitrogens with zero attached hydrogens (tertiary/aromatic N) is 4. The molecule has 3 aromatic carbocycles. The second kappa shape index (κ2) is 10.5. The molecule has 2 heterocycles. The van der Waals surface area contributed by atoms with Gasteiger partial charge in [-0.05, 0) is 73.1 Å². The van der Waals surface area contributed by atoms with E-state index in [0.29, 0.717) is 5.56 Å². The van der Waals surface area contributed by atoms with Crippen LogP contribution in [0.5, 0.6) is 5.75 Å². The third kappa shape index (κ3) is 5.37. The number of aromatic nitrogens is 2. The number of likely N-dealkylation sites (N-methyl/N-ethyl adjacent to an activating group) is 1. The first-order chi connectivity index (χ1) is 17.9. The van der Waals surface area contributed by atoms with Crippen molar-refractivity contribution < 1.29 is 9.53 Å². The maximum Gasteiger partial charge on any atom is 0.255 e. The van der Waals surface area contributed by atoms with Gasteiger partial charge in [-0.3, -0.25) is 9.48 Å². The van der Waals surface area contributed by atoms with Crippen LogP contribution in [0.3, 0.4) is 0 Å². The number of aryl methyl sites for hydroxylation is 2. The molecule has 0 aliphatic carbocycles. The van der Waals surface area contributed by atoms with Crippen LogP contribution in [0.25, 0.3) is 22.4 Å². The minimum absolute atomic E-state index is 0.136. The van der Waals surface area contributed by atoms with Gasteiger partial charge in [0.05, 0.1) is 18.5 Å². The van der Waals surface area contributed by atoms with E-state index in [0.717, 1.165) is 71.3 Å². The zero-order valence-electron chi connectivity index (χ0n) is 21.9. The lowest BCUT2D eigenvalue weighted by Crippen LogP contribution is -2.44. The van der Waals surface area contributed by atoms with Crippen molar-refractivity contribution in [1.29, 1.82) is 0 Å².